The summed E-state index contributed by atoms with van der Waals surface area (Å²) in [5, 5.41) is 2.93. The normalized spacial score (nSPS) is 13.3. The molecule has 0 bridgehead atoms. The molecule has 0 radical (unpaired) electrons. The SMILES string of the molecule is Cc1cc(N)c(NC(=O)c2cc3c(s2)CCC3)cc1C. The van der Waals surface area contributed by atoms with Crippen LogP contribution in [0.25, 0.3) is 0 Å². The van der Waals surface area contributed by atoms with Gasteiger partial charge in [0.1, 0.15) is 0 Å². The van der Waals surface area contributed by atoms with Crippen LogP contribution in [0.15, 0.2) is 18.2 Å². The second-order valence-electron chi connectivity index (χ2n) is 5.39. The van der Waals surface area contributed by atoms with E-state index in [1.54, 1.807) is 11.3 Å². The van der Waals surface area contributed by atoms with E-state index in [-0.39, 0.29) is 5.91 Å². The summed E-state index contributed by atoms with van der Waals surface area (Å²) in [4.78, 5) is 14.5. The van der Waals surface area contributed by atoms with Gasteiger partial charge in [-0.1, -0.05) is 0 Å². The summed E-state index contributed by atoms with van der Waals surface area (Å²) in [6.45, 7) is 4.03. The van der Waals surface area contributed by atoms with E-state index in [1.165, 1.54) is 16.9 Å². The Labute approximate surface area is 122 Å². The van der Waals surface area contributed by atoms with Crippen molar-refractivity contribution in [2.45, 2.75) is 33.1 Å². The van der Waals surface area contributed by atoms with Crippen LogP contribution < -0.4 is 11.1 Å². The van der Waals surface area contributed by atoms with Crippen molar-refractivity contribution in [3.8, 4) is 0 Å². The largest absolute Gasteiger partial charge is 0.397 e. The first-order valence-corrected chi connectivity index (χ1v) is 7.66. The molecule has 1 amide bonds. The second kappa shape index (κ2) is 4.94. The predicted octanol–water partition coefficient (Wildman–Crippen LogP) is 3.69. The first-order chi connectivity index (χ1) is 9.54. The Balaban J connectivity index is 1.83. The smallest absolute Gasteiger partial charge is 0.265 e. The first kappa shape index (κ1) is 13.2. The standard InChI is InChI=1S/C16H18N2OS/c1-9-6-12(17)13(7-10(9)2)18-16(19)15-8-11-4-3-5-14(11)20-15/h6-8H,3-5,17H2,1-2H3,(H,18,19). The molecule has 1 aromatic heterocycles. The number of carbonyl (C=O) groups excluding carboxylic acids is 1. The lowest BCUT2D eigenvalue weighted by Crippen LogP contribution is -2.12. The lowest BCUT2D eigenvalue weighted by molar-refractivity contribution is 0.103. The number of fused-ring (bicyclic) bond motifs is 1. The van der Waals surface area contributed by atoms with E-state index in [0.29, 0.717) is 11.4 Å². The highest BCUT2D eigenvalue weighted by Gasteiger charge is 2.19. The molecule has 0 unspecified atom stereocenters. The van der Waals surface area contributed by atoms with E-state index in [9.17, 15) is 4.79 Å². The average Bonchev–Trinajstić information content (AvgIpc) is 2.96. The molecule has 0 saturated carbocycles. The lowest BCUT2D eigenvalue weighted by Gasteiger charge is -2.10. The zero-order valence-electron chi connectivity index (χ0n) is 11.7. The highest BCUT2D eigenvalue weighted by Crippen LogP contribution is 2.31. The van der Waals surface area contributed by atoms with Crippen molar-refractivity contribution < 1.29 is 4.79 Å². The van der Waals surface area contributed by atoms with Crippen LogP contribution >= 0.6 is 11.3 Å². The van der Waals surface area contributed by atoms with Crippen LogP contribution in [0.4, 0.5) is 11.4 Å². The van der Waals surface area contributed by atoms with Crippen LogP contribution in [0.2, 0.25) is 0 Å². The molecule has 1 aliphatic carbocycles. The molecule has 20 heavy (non-hydrogen) atoms. The van der Waals surface area contributed by atoms with Crippen LogP contribution in [0.5, 0.6) is 0 Å². The quantitative estimate of drug-likeness (QED) is 0.827. The molecule has 0 spiro atoms. The van der Waals surface area contributed by atoms with Gasteiger partial charge in [-0.3, -0.25) is 4.79 Å². The minimum Gasteiger partial charge on any atom is -0.397 e. The molecule has 3 N–H and O–H groups in total. The van der Waals surface area contributed by atoms with Crippen molar-refractivity contribution >= 4 is 28.6 Å². The fraction of sp³-hybridized carbons (Fsp3) is 0.312. The lowest BCUT2D eigenvalue weighted by atomic mass is 10.1. The summed E-state index contributed by atoms with van der Waals surface area (Å²) < 4.78 is 0. The fourth-order valence-corrected chi connectivity index (χ4v) is 3.72. The van der Waals surface area contributed by atoms with Gasteiger partial charge in [-0.05, 0) is 68.0 Å². The molecule has 2 aromatic rings. The summed E-state index contributed by atoms with van der Waals surface area (Å²) in [5.74, 6) is -0.0562. The van der Waals surface area contributed by atoms with Crippen molar-refractivity contribution in [1.82, 2.24) is 0 Å². The number of nitrogen functional groups attached to an aromatic ring is 1. The summed E-state index contributed by atoms with van der Waals surface area (Å²) in [6, 6.07) is 5.86. The molecule has 0 saturated heterocycles. The third kappa shape index (κ3) is 2.31. The van der Waals surface area contributed by atoms with Crippen molar-refractivity contribution in [1.29, 1.82) is 0 Å². The number of amides is 1. The van der Waals surface area contributed by atoms with Crippen LogP contribution in [-0.4, -0.2) is 5.91 Å². The highest BCUT2D eigenvalue weighted by atomic mass is 32.1. The summed E-state index contributed by atoms with van der Waals surface area (Å²) in [6.07, 6.45) is 3.43. The molecule has 104 valence electrons. The third-order valence-electron chi connectivity index (χ3n) is 3.88. The number of hydrogen-bond acceptors (Lipinski definition) is 3. The first-order valence-electron chi connectivity index (χ1n) is 6.84. The van der Waals surface area contributed by atoms with Gasteiger partial charge in [-0.25, -0.2) is 0 Å². The Morgan fingerprint density at radius 2 is 1.95 bits per heavy atom. The van der Waals surface area contributed by atoms with Gasteiger partial charge in [0.25, 0.3) is 5.91 Å². The Hall–Kier alpha value is -1.81. The topological polar surface area (TPSA) is 55.1 Å². The number of rotatable bonds is 2. The van der Waals surface area contributed by atoms with E-state index < -0.39 is 0 Å². The van der Waals surface area contributed by atoms with Crippen molar-refractivity contribution in [2.24, 2.45) is 0 Å². The maximum Gasteiger partial charge on any atom is 0.265 e. The van der Waals surface area contributed by atoms with Gasteiger partial charge in [-0.15, -0.1) is 11.3 Å². The molecule has 1 aliphatic rings. The molecule has 1 aromatic carbocycles. The molecule has 3 nitrogen and oxygen atoms in total. The Bertz CT molecular complexity index is 667. The zero-order chi connectivity index (χ0) is 14.3. The zero-order valence-corrected chi connectivity index (χ0v) is 12.6. The summed E-state index contributed by atoms with van der Waals surface area (Å²) >= 11 is 1.61. The molecular formula is C16H18N2OS. The van der Waals surface area contributed by atoms with Gasteiger partial charge >= 0.3 is 0 Å². The van der Waals surface area contributed by atoms with E-state index in [0.717, 1.165) is 28.8 Å². The van der Waals surface area contributed by atoms with Crippen LogP contribution in [0.1, 0.15) is 37.7 Å². The van der Waals surface area contributed by atoms with Gasteiger partial charge in [-0.2, -0.15) is 0 Å². The molecule has 4 heteroatoms. The number of anilines is 2. The molecule has 3 rings (SSSR count). The second-order valence-corrected chi connectivity index (χ2v) is 6.53. The monoisotopic (exact) mass is 286 g/mol. The molecular weight excluding hydrogens is 268 g/mol. The molecule has 0 fully saturated rings. The average molecular weight is 286 g/mol. The number of thiophene rings is 1. The van der Waals surface area contributed by atoms with Gasteiger partial charge in [0, 0.05) is 4.88 Å². The number of carbonyl (C=O) groups is 1. The minimum absolute atomic E-state index is 0.0562. The van der Waals surface area contributed by atoms with Crippen molar-refractivity contribution in [3.05, 3.63) is 44.6 Å². The minimum atomic E-state index is -0.0562. The summed E-state index contributed by atoms with van der Waals surface area (Å²) in [5.41, 5.74) is 10.9. The van der Waals surface area contributed by atoms with Crippen LogP contribution in [0, 0.1) is 13.8 Å². The van der Waals surface area contributed by atoms with Gasteiger partial charge in [0.2, 0.25) is 0 Å². The van der Waals surface area contributed by atoms with E-state index in [4.69, 9.17) is 5.73 Å². The number of aryl methyl sites for hydroxylation is 4. The number of nitrogens with one attached hydrogen (secondary N) is 1. The summed E-state index contributed by atoms with van der Waals surface area (Å²) in [7, 11) is 0. The predicted molar refractivity (Wildman–Crippen MR) is 84.6 cm³/mol. The van der Waals surface area contributed by atoms with Gasteiger partial charge in [0.15, 0.2) is 0 Å². The molecule has 1 heterocycles. The maximum atomic E-state index is 12.3. The van der Waals surface area contributed by atoms with Crippen LogP contribution in [-0.2, 0) is 12.8 Å². The van der Waals surface area contributed by atoms with E-state index in [2.05, 4.69) is 5.32 Å². The number of hydrogen-bond donors (Lipinski definition) is 2. The third-order valence-corrected chi connectivity index (χ3v) is 5.12. The Kier molecular flexibility index (Phi) is 3.26. The van der Waals surface area contributed by atoms with Crippen LogP contribution in [0.3, 0.4) is 0 Å². The highest BCUT2D eigenvalue weighted by molar-refractivity contribution is 7.14. The van der Waals surface area contributed by atoms with Crippen molar-refractivity contribution in [3.63, 3.8) is 0 Å². The number of benzene rings is 1. The van der Waals surface area contributed by atoms with E-state index >= 15 is 0 Å². The van der Waals surface area contributed by atoms with Gasteiger partial charge < -0.3 is 11.1 Å². The Morgan fingerprint density at radius 3 is 2.70 bits per heavy atom. The Morgan fingerprint density at radius 1 is 1.20 bits per heavy atom. The molecule has 0 atom stereocenters. The van der Waals surface area contributed by atoms with Crippen molar-refractivity contribution in [2.75, 3.05) is 11.1 Å². The van der Waals surface area contributed by atoms with E-state index in [1.807, 2.05) is 32.0 Å². The number of nitrogens with two attached hydrogens (primary N) is 1. The maximum absolute atomic E-state index is 12.3. The fourth-order valence-electron chi connectivity index (χ4n) is 2.57. The molecule has 0 aliphatic heterocycles. The van der Waals surface area contributed by atoms with Gasteiger partial charge in [0.05, 0.1) is 16.3 Å².